The minimum atomic E-state index is 0.185. The molecule has 0 atom stereocenters. The van der Waals surface area contributed by atoms with E-state index in [4.69, 9.17) is 11.6 Å². The van der Waals surface area contributed by atoms with Gasteiger partial charge in [0.2, 0.25) is 0 Å². The van der Waals surface area contributed by atoms with E-state index in [0.29, 0.717) is 10.9 Å². The lowest BCUT2D eigenvalue weighted by atomic mass is 9.93. The smallest absolute Gasteiger partial charge is 0.0785 e. The van der Waals surface area contributed by atoms with Gasteiger partial charge >= 0.3 is 0 Å². The van der Waals surface area contributed by atoms with Gasteiger partial charge in [-0.3, -0.25) is 4.68 Å². The van der Waals surface area contributed by atoms with Gasteiger partial charge in [0.05, 0.1) is 11.2 Å². The molecule has 0 aliphatic heterocycles. The highest BCUT2D eigenvalue weighted by Crippen LogP contribution is 2.17. The Balaban J connectivity index is 2.39. The van der Waals surface area contributed by atoms with Crippen molar-refractivity contribution in [3.05, 3.63) is 17.4 Å². The van der Waals surface area contributed by atoms with Crippen molar-refractivity contribution in [1.82, 2.24) is 15.1 Å². The molecule has 0 saturated carbocycles. The van der Waals surface area contributed by atoms with Gasteiger partial charge in [0, 0.05) is 19.3 Å². The third-order valence-corrected chi connectivity index (χ3v) is 2.54. The van der Waals surface area contributed by atoms with E-state index in [1.165, 1.54) is 0 Å². The third kappa shape index (κ3) is 4.99. The fourth-order valence-corrected chi connectivity index (χ4v) is 1.77. The van der Waals surface area contributed by atoms with Crippen LogP contribution in [0.5, 0.6) is 0 Å². The van der Waals surface area contributed by atoms with E-state index < -0.39 is 0 Å². The molecule has 1 rings (SSSR count). The summed E-state index contributed by atoms with van der Waals surface area (Å²) in [5, 5.41) is 8.38. The molecule has 1 aromatic rings. The molecular weight excluding hydrogens is 222 g/mol. The molecule has 0 bridgehead atoms. The highest BCUT2D eigenvalue weighted by molar-refractivity contribution is 6.30. The molecule has 0 aliphatic rings. The number of hydrogen-bond donors (Lipinski definition) is 1. The Labute approximate surface area is 103 Å². The molecule has 0 aromatic carbocycles. The Kier molecular flexibility index (Phi) is 4.81. The lowest BCUT2D eigenvalue weighted by Gasteiger charge is -2.25. The van der Waals surface area contributed by atoms with Gasteiger partial charge in [-0.05, 0) is 17.9 Å². The Morgan fingerprint density at radius 2 is 2.19 bits per heavy atom. The van der Waals surface area contributed by atoms with Crippen LogP contribution in [-0.2, 0) is 6.54 Å². The van der Waals surface area contributed by atoms with Gasteiger partial charge in [-0.1, -0.05) is 39.3 Å². The summed E-state index contributed by atoms with van der Waals surface area (Å²) < 4.78 is 1.90. The fraction of sp³-hybridized carbons (Fsp3) is 0.750. The first-order valence-corrected chi connectivity index (χ1v) is 6.15. The van der Waals surface area contributed by atoms with Gasteiger partial charge in [-0.2, -0.15) is 5.10 Å². The molecule has 0 fully saturated rings. The third-order valence-electron chi connectivity index (χ3n) is 2.35. The summed E-state index contributed by atoms with van der Waals surface area (Å²) in [4.78, 5) is 0. The van der Waals surface area contributed by atoms with Gasteiger partial charge in [-0.25, -0.2) is 0 Å². The first-order valence-electron chi connectivity index (χ1n) is 5.78. The number of nitrogens with zero attached hydrogens (tertiary/aromatic N) is 2. The second kappa shape index (κ2) is 5.69. The normalized spacial score (nSPS) is 12.4. The average molecular weight is 244 g/mol. The molecule has 3 nitrogen and oxygen atoms in total. The first kappa shape index (κ1) is 13.5. The Morgan fingerprint density at radius 3 is 2.69 bits per heavy atom. The van der Waals surface area contributed by atoms with E-state index in [9.17, 15) is 0 Å². The van der Waals surface area contributed by atoms with E-state index >= 15 is 0 Å². The van der Waals surface area contributed by atoms with Crippen LogP contribution in [-0.4, -0.2) is 22.9 Å². The molecule has 16 heavy (non-hydrogen) atoms. The van der Waals surface area contributed by atoms with Crippen LogP contribution in [0.3, 0.4) is 0 Å². The molecule has 1 aromatic heterocycles. The van der Waals surface area contributed by atoms with E-state index in [0.717, 1.165) is 19.6 Å². The number of rotatable bonds is 6. The van der Waals surface area contributed by atoms with Crippen LogP contribution in [0.1, 0.15) is 27.7 Å². The summed E-state index contributed by atoms with van der Waals surface area (Å²) in [7, 11) is 0. The summed E-state index contributed by atoms with van der Waals surface area (Å²) >= 11 is 5.84. The van der Waals surface area contributed by atoms with Crippen molar-refractivity contribution in [3.63, 3.8) is 0 Å². The van der Waals surface area contributed by atoms with Gasteiger partial charge in [0.15, 0.2) is 0 Å². The predicted molar refractivity (Wildman–Crippen MR) is 68.7 cm³/mol. The molecule has 0 aliphatic carbocycles. The van der Waals surface area contributed by atoms with Crippen molar-refractivity contribution in [2.45, 2.75) is 34.2 Å². The van der Waals surface area contributed by atoms with Crippen molar-refractivity contribution in [1.29, 1.82) is 0 Å². The number of nitrogens with one attached hydrogen (secondary N) is 1. The van der Waals surface area contributed by atoms with Crippen LogP contribution in [0.4, 0.5) is 0 Å². The zero-order valence-corrected chi connectivity index (χ0v) is 11.4. The predicted octanol–water partition coefficient (Wildman–Crippen LogP) is 2.81. The second-order valence-corrected chi connectivity index (χ2v) is 5.98. The molecule has 0 unspecified atom stereocenters. The van der Waals surface area contributed by atoms with E-state index in [1.54, 1.807) is 6.20 Å². The van der Waals surface area contributed by atoms with Crippen molar-refractivity contribution in [3.8, 4) is 0 Å². The maximum atomic E-state index is 5.84. The van der Waals surface area contributed by atoms with E-state index in [1.807, 2.05) is 10.9 Å². The maximum absolute atomic E-state index is 5.84. The topological polar surface area (TPSA) is 29.9 Å². The van der Waals surface area contributed by atoms with Crippen molar-refractivity contribution in [2.75, 3.05) is 13.1 Å². The Bertz CT molecular complexity index is 318. The second-order valence-electron chi connectivity index (χ2n) is 5.55. The van der Waals surface area contributed by atoms with Crippen LogP contribution < -0.4 is 5.32 Å². The van der Waals surface area contributed by atoms with Crippen LogP contribution >= 0.6 is 11.6 Å². The summed E-state index contributed by atoms with van der Waals surface area (Å²) in [5.74, 6) is 0.690. The molecule has 0 saturated heterocycles. The molecule has 0 spiro atoms. The van der Waals surface area contributed by atoms with Crippen LogP contribution in [0.25, 0.3) is 0 Å². The van der Waals surface area contributed by atoms with Gasteiger partial charge in [0.1, 0.15) is 0 Å². The molecule has 0 amide bonds. The minimum Gasteiger partial charge on any atom is -0.316 e. The molecular formula is C12H22ClN3. The monoisotopic (exact) mass is 243 g/mol. The molecule has 1 heterocycles. The highest BCUT2D eigenvalue weighted by atomic mass is 35.5. The van der Waals surface area contributed by atoms with E-state index in [2.05, 4.69) is 38.1 Å². The van der Waals surface area contributed by atoms with Crippen molar-refractivity contribution in [2.24, 2.45) is 11.3 Å². The lowest BCUT2D eigenvalue weighted by Crippen LogP contribution is -2.34. The van der Waals surface area contributed by atoms with Crippen LogP contribution in [0.15, 0.2) is 12.4 Å². The summed E-state index contributed by atoms with van der Waals surface area (Å²) in [6, 6.07) is 0. The standard InChI is InChI=1S/C12H22ClN3/c1-10(2)5-14-8-12(3,4)9-16-7-11(13)6-15-16/h6-7,10,14H,5,8-9H2,1-4H3. The number of aromatic nitrogens is 2. The largest absolute Gasteiger partial charge is 0.316 e. The van der Waals surface area contributed by atoms with Gasteiger partial charge < -0.3 is 5.32 Å². The van der Waals surface area contributed by atoms with Crippen LogP contribution in [0.2, 0.25) is 5.02 Å². The summed E-state index contributed by atoms with van der Waals surface area (Å²) in [6.45, 7) is 11.8. The zero-order chi connectivity index (χ0) is 12.2. The number of hydrogen-bond acceptors (Lipinski definition) is 2. The highest BCUT2D eigenvalue weighted by Gasteiger charge is 2.18. The van der Waals surface area contributed by atoms with Gasteiger partial charge in [0.25, 0.3) is 0 Å². The molecule has 4 heteroatoms. The van der Waals surface area contributed by atoms with Crippen molar-refractivity contribution >= 4 is 11.6 Å². The SMILES string of the molecule is CC(C)CNCC(C)(C)Cn1cc(Cl)cn1. The summed E-state index contributed by atoms with van der Waals surface area (Å²) in [5.41, 5.74) is 0.185. The zero-order valence-electron chi connectivity index (χ0n) is 10.6. The fourth-order valence-electron chi connectivity index (χ4n) is 1.62. The Morgan fingerprint density at radius 1 is 1.50 bits per heavy atom. The lowest BCUT2D eigenvalue weighted by molar-refractivity contribution is 0.272. The summed E-state index contributed by atoms with van der Waals surface area (Å²) in [6.07, 6.45) is 3.55. The minimum absolute atomic E-state index is 0.185. The quantitative estimate of drug-likeness (QED) is 0.833. The van der Waals surface area contributed by atoms with E-state index in [-0.39, 0.29) is 5.41 Å². The van der Waals surface area contributed by atoms with Crippen molar-refractivity contribution < 1.29 is 0 Å². The maximum Gasteiger partial charge on any atom is 0.0785 e. The molecule has 92 valence electrons. The Hall–Kier alpha value is -0.540. The molecule has 1 N–H and O–H groups in total. The number of halogens is 1. The van der Waals surface area contributed by atoms with Crippen LogP contribution in [0, 0.1) is 11.3 Å². The average Bonchev–Trinajstić information content (AvgIpc) is 2.48. The first-order chi connectivity index (χ1) is 7.39. The molecule has 0 radical (unpaired) electrons. The van der Waals surface area contributed by atoms with Gasteiger partial charge in [-0.15, -0.1) is 0 Å².